The molecule has 0 radical (unpaired) electrons. The van der Waals surface area contributed by atoms with Gasteiger partial charge in [-0.3, -0.25) is 9.69 Å². The van der Waals surface area contributed by atoms with Gasteiger partial charge in [0.1, 0.15) is 17.7 Å². The van der Waals surface area contributed by atoms with Crippen molar-refractivity contribution in [1.29, 1.82) is 0 Å². The first-order valence-electron chi connectivity index (χ1n) is 14.4. The van der Waals surface area contributed by atoms with Crippen molar-refractivity contribution in [2.24, 2.45) is 0 Å². The Balaban J connectivity index is 1.56. The highest BCUT2D eigenvalue weighted by atomic mass is 32.1. The average Bonchev–Trinajstić information content (AvgIpc) is 3.33. The number of rotatable bonds is 12. The molecule has 0 saturated carbocycles. The lowest BCUT2D eigenvalue weighted by Gasteiger charge is -2.36. The van der Waals surface area contributed by atoms with E-state index in [1.54, 1.807) is 17.0 Å². The Hall–Kier alpha value is -3.78. The number of hydrogen-bond acceptors (Lipinski definition) is 8. The van der Waals surface area contributed by atoms with E-state index in [9.17, 15) is 36.2 Å². The summed E-state index contributed by atoms with van der Waals surface area (Å²) in [5, 5.41) is 18.2. The summed E-state index contributed by atoms with van der Waals surface area (Å²) in [5.74, 6) is 2.93. The van der Waals surface area contributed by atoms with Gasteiger partial charge in [-0.1, -0.05) is 24.0 Å². The number of methoxy groups -OCH3 is 1. The molecule has 1 aromatic heterocycles. The number of anilines is 2. The Bertz CT molecular complexity index is 1610. The Morgan fingerprint density at radius 2 is 2.00 bits per heavy atom. The third-order valence-corrected chi connectivity index (χ3v) is 8.51. The van der Waals surface area contributed by atoms with E-state index in [4.69, 9.17) is 4.74 Å². The van der Waals surface area contributed by atoms with Crippen molar-refractivity contribution >= 4 is 38.7 Å². The van der Waals surface area contributed by atoms with Crippen molar-refractivity contribution in [2.45, 2.75) is 43.9 Å². The molecule has 16 heteroatoms. The van der Waals surface area contributed by atoms with Crippen LogP contribution in [0, 0.1) is 17.7 Å². The first-order chi connectivity index (χ1) is 22.3. The molecular formula is C31H33F7N4O4S. The van der Waals surface area contributed by atoms with E-state index < -0.39 is 60.6 Å². The molecule has 2 aromatic carbocycles. The van der Waals surface area contributed by atoms with Gasteiger partial charge >= 0.3 is 12.8 Å². The molecule has 3 unspecified atom stereocenters. The summed E-state index contributed by atoms with van der Waals surface area (Å²) in [6.45, 7) is -2.67. The lowest BCUT2D eigenvalue weighted by atomic mass is 10.0. The van der Waals surface area contributed by atoms with Gasteiger partial charge in [-0.15, -0.1) is 11.3 Å². The van der Waals surface area contributed by atoms with E-state index in [0.29, 0.717) is 28.7 Å². The number of carbonyl (C=O) groups excluding carboxylic acids is 1. The highest BCUT2D eigenvalue weighted by molar-refractivity contribution is 7.20. The SMILES string of the molecule is CNC(=O)c1cc(OC(F)F)c(NCC#Cc2sc3c(NC4CCN(CC(O)COC)CC4F)cccc3c2CC(F)(F)F)cc1F. The number of fused-ring (bicyclic) bond motifs is 1. The Morgan fingerprint density at radius 3 is 2.66 bits per heavy atom. The van der Waals surface area contributed by atoms with Crippen molar-refractivity contribution < 1.29 is 50.1 Å². The molecule has 0 spiro atoms. The maximum Gasteiger partial charge on any atom is 0.393 e. The summed E-state index contributed by atoms with van der Waals surface area (Å²) in [4.78, 5) is 13.8. The standard InChI is InChI=1S/C31H33F7N4O4S/c1-39-29(44)19-11-26(46-30(34)35)25(12-21(19)32)40-9-4-7-27-20(13-31(36,37)38)18-5-3-6-24(28(18)47-27)41-23-8-10-42(15-22(23)33)14-17(43)16-45-2/h3,5-6,11-12,17,22-23,30,40-41,43H,8-10,13-16H2,1-2H3,(H,39,44). The number of thiophene rings is 1. The lowest BCUT2D eigenvalue weighted by Crippen LogP contribution is -2.50. The summed E-state index contributed by atoms with van der Waals surface area (Å²) >= 11 is 0.991. The molecule has 4 rings (SSSR count). The maximum atomic E-state index is 15.2. The van der Waals surface area contributed by atoms with Gasteiger partial charge in [0.15, 0.2) is 0 Å². The van der Waals surface area contributed by atoms with Gasteiger partial charge in [-0.25, -0.2) is 8.78 Å². The average molecular weight is 691 g/mol. The second kappa shape index (κ2) is 15.9. The van der Waals surface area contributed by atoms with Crippen LogP contribution in [0.4, 0.5) is 42.1 Å². The zero-order valence-electron chi connectivity index (χ0n) is 25.3. The number of aliphatic hydroxyl groups is 1. The number of benzene rings is 2. The van der Waals surface area contributed by atoms with Gasteiger partial charge in [0, 0.05) is 39.9 Å². The molecule has 8 nitrogen and oxygen atoms in total. The number of likely N-dealkylation sites (tertiary alicyclic amines) is 1. The fraction of sp³-hybridized carbons (Fsp3) is 0.452. The van der Waals surface area contributed by atoms with Crippen molar-refractivity contribution in [3.63, 3.8) is 0 Å². The van der Waals surface area contributed by atoms with Gasteiger partial charge in [0.2, 0.25) is 0 Å². The minimum atomic E-state index is -4.57. The number of hydrogen-bond donors (Lipinski definition) is 4. The first-order valence-corrected chi connectivity index (χ1v) is 15.3. The predicted molar refractivity (Wildman–Crippen MR) is 165 cm³/mol. The second-order valence-corrected chi connectivity index (χ2v) is 11.8. The molecule has 256 valence electrons. The minimum absolute atomic E-state index is 0.0599. The van der Waals surface area contributed by atoms with E-state index in [1.807, 2.05) is 0 Å². The summed E-state index contributed by atoms with van der Waals surface area (Å²) in [5.41, 5.74) is -0.405. The third-order valence-electron chi connectivity index (χ3n) is 7.32. The van der Waals surface area contributed by atoms with Crippen LogP contribution >= 0.6 is 11.3 Å². The van der Waals surface area contributed by atoms with Crippen LogP contribution in [0.1, 0.15) is 27.2 Å². The fourth-order valence-electron chi connectivity index (χ4n) is 5.26. The van der Waals surface area contributed by atoms with Crippen LogP contribution in [0.15, 0.2) is 30.3 Å². The molecule has 1 saturated heterocycles. The van der Waals surface area contributed by atoms with E-state index in [0.717, 1.165) is 23.5 Å². The number of nitrogens with one attached hydrogen (secondary N) is 3. The monoisotopic (exact) mass is 690 g/mol. The van der Waals surface area contributed by atoms with Crippen LogP contribution in [0.3, 0.4) is 0 Å². The van der Waals surface area contributed by atoms with Crippen LogP contribution in [-0.2, 0) is 11.2 Å². The maximum absolute atomic E-state index is 15.2. The summed E-state index contributed by atoms with van der Waals surface area (Å²) in [6.07, 6.45) is -7.54. The largest absolute Gasteiger partial charge is 0.433 e. The molecule has 0 aliphatic carbocycles. The highest BCUT2D eigenvalue weighted by Crippen LogP contribution is 2.39. The molecule has 1 aliphatic heterocycles. The molecular weight excluding hydrogens is 657 g/mol. The first kappa shape index (κ1) is 36.1. The van der Waals surface area contributed by atoms with Gasteiger partial charge in [-0.05, 0) is 29.5 Å². The number of halogens is 7. The molecule has 1 amide bonds. The molecule has 1 aliphatic rings. The van der Waals surface area contributed by atoms with Crippen LogP contribution < -0.4 is 20.7 Å². The van der Waals surface area contributed by atoms with E-state index in [-0.39, 0.29) is 42.4 Å². The minimum Gasteiger partial charge on any atom is -0.433 e. The number of ether oxygens (including phenoxy) is 2. The smallest absolute Gasteiger partial charge is 0.393 e. The number of alkyl halides is 6. The van der Waals surface area contributed by atoms with Crippen LogP contribution in [0.25, 0.3) is 10.1 Å². The number of piperidine rings is 1. The fourth-order valence-corrected chi connectivity index (χ4v) is 6.43. The molecule has 2 heterocycles. The molecule has 4 N–H and O–H groups in total. The van der Waals surface area contributed by atoms with Gasteiger partial charge < -0.3 is 30.5 Å². The Morgan fingerprint density at radius 1 is 1.23 bits per heavy atom. The molecule has 3 atom stereocenters. The van der Waals surface area contributed by atoms with Crippen LogP contribution in [-0.4, -0.2) is 94.0 Å². The van der Waals surface area contributed by atoms with E-state index in [1.165, 1.54) is 20.2 Å². The number of β-amino-alcohol motifs (C(OH)–C–C–N with tert-alkyl or cyclic N) is 1. The normalized spacial score (nSPS) is 17.7. The predicted octanol–water partition coefficient (Wildman–Crippen LogP) is 5.40. The Labute approximate surface area is 270 Å². The summed E-state index contributed by atoms with van der Waals surface area (Å²) in [7, 11) is 2.69. The van der Waals surface area contributed by atoms with Crippen molar-refractivity contribution in [3.05, 3.63) is 52.2 Å². The summed E-state index contributed by atoms with van der Waals surface area (Å²) < 4.78 is 106. The van der Waals surface area contributed by atoms with Crippen LogP contribution in [0.2, 0.25) is 0 Å². The molecule has 0 bridgehead atoms. The number of nitrogens with zero attached hydrogens (tertiary/aromatic N) is 1. The molecule has 1 fully saturated rings. The number of aliphatic hydroxyl groups excluding tert-OH is 1. The molecule has 47 heavy (non-hydrogen) atoms. The topological polar surface area (TPSA) is 95.1 Å². The van der Waals surface area contributed by atoms with Gasteiger partial charge in [-0.2, -0.15) is 22.0 Å². The Kier molecular flexibility index (Phi) is 12.2. The van der Waals surface area contributed by atoms with Gasteiger partial charge in [0.05, 0.1) is 58.2 Å². The zero-order valence-corrected chi connectivity index (χ0v) is 26.1. The zero-order chi connectivity index (χ0) is 34.3. The lowest BCUT2D eigenvalue weighted by molar-refractivity contribution is -0.127. The van der Waals surface area contributed by atoms with Crippen molar-refractivity contribution in [1.82, 2.24) is 10.2 Å². The highest BCUT2D eigenvalue weighted by Gasteiger charge is 2.33. The van der Waals surface area contributed by atoms with Crippen molar-refractivity contribution in [3.8, 4) is 17.6 Å². The van der Waals surface area contributed by atoms with Crippen molar-refractivity contribution in [2.75, 3.05) is 57.6 Å². The third kappa shape index (κ3) is 9.63. The van der Waals surface area contributed by atoms with E-state index in [2.05, 4.69) is 32.5 Å². The number of amides is 1. The quantitative estimate of drug-likeness (QED) is 0.149. The second-order valence-electron chi connectivity index (χ2n) is 10.7. The molecule has 3 aromatic rings. The van der Waals surface area contributed by atoms with E-state index >= 15 is 4.39 Å². The number of carbonyl (C=O) groups is 1. The summed E-state index contributed by atoms with van der Waals surface area (Å²) in [6, 6.07) is 5.70. The van der Waals surface area contributed by atoms with Gasteiger partial charge in [0.25, 0.3) is 5.91 Å². The van der Waals surface area contributed by atoms with Crippen LogP contribution in [0.5, 0.6) is 5.75 Å².